The average molecular weight is 399 g/mol. The Morgan fingerprint density at radius 3 is 2.55 bits per heavy atom. The minimum atomic E-state index is -0.136. The van der Waals surface area contributed by atoms with Crippen LogP contribution in [0, 0.1) is 40.4 Å². The molecule has 1 unspecified atom stereocenters. The first kappa shape index (κ1) is 21.3. The van der Waals surface area contributed by atoms with Crippen molar-refractivity contribution in [3.8, 4) is 0 Å². The maximum absolute atomic E-state index is 12.2. The van der Waals surface area contributed by atoms with E-state index >= 15 is 0 Å². The molecule has 0 spiro atoms. The number of allylic oxidation sites excluding steroid dienone is 3. The average Bonchev–Trinajstić information content (AvgIpc) is 3.03. The SMILES string of the molecule is CC(C)C(=O)CC[C@@H](C)[C@H]1CC[C@H]2C3=CC=C4CC(O)CC[C@]4(C)[C@H]3CC[C@]12C. The standard InChI is InChI=1S/C27H42O2/c1-17(2)25(29)11-6-18(3)22-9-10-23-21-8-7-19-16-20(28)12-14-26(19,4)24(21)13-15-27(22,23)5/h7-8,17-18,20,22-24,28H,6,9-16H2,1-5H3/t18-,20?,22-,23+,24+,26+,27-/m1/s1. The molecular formula is C27H42O2. The van der Waals surface area contributed by atoms with Gasteiger partial charge in [-0.15, -0.1) is 0 Å². The fourth-order valence-electron chi connectivity index (χ4n) is 7.82. The highest BCUT2D eigenvalue weighted by molar-refractivity contribution is 5.80. The van der Waals surface area contributed by atoms with E-state index in [2.05, 4.69) is 32.9 Å². The van der Waals surface area contributed by atoms with E-state index in [1.54, 1.807) is 5.57 Å². The number of hydrogen-bond donors (Lipinski definition) is 1. The number of carbonyl (C=O) groups excluding carboxylic acids is 1. The molecular weight excluding hydrogens is 356 g/mol. The Balaban J connectivity index is 1.53. The molecule has 4 rings (SSSR count). The molecule has 0 saturated heterocycles. The second-order valence-electron chi connectivity index (χ2n) is 11.6. The lowest BCUT2D eigenvalue weighted by molar-refractivity contribution is -0.122. The number of fused-ring (bicyclic) bond motifs is 5. The van der Waals surface area contributed by atoms with Crippen molar-refractivity contribution in [2.45, 2.75) is 98.5 Å². The lowest BCUT2D eigenvalue weighted by atomic mass is 9.50. The van der Waals surface area contributed by atoms with Crippen LogP contribution in [-0.4, -0.2) is 17.0 Å². The van der Waals surface area contributed by atoms with Crippen molar-refractivity contribution >= 4 is 5.78 Å². The highest BCUT2D eigenvalue weighted by atomic mass is 16.3. The predicted molar refractivity (Wildman–Crippen MR) is 119 cm³/mol. The molecule has 3 fully saturated rings. The Hall–Kier alpha value is -0.890. The van der Waals surface area contributed by atoms with E-state index in [1.807, 2.05) is 13.8 Å². The molecule has 1 N–H and O–H groups in total. The summed E-state index contributed by atoms with van der Waals surface area (Å²) in [5.74, 6) is 3.40. The molecule has 0 radical (unpaired) electrons. The van der Waals surface area contributed by atoms with Gasteiger partial charge >= 0.3 is 0 Å². The highest BCUT2D eigenvalue weighted by Crippen LogP contribution is 2.66. The maximum atomic E-state index is 12.2. The maximum Gasteiger partial charge on any atom is 0.135 e. The van der Waals surface area contributed by atoms with Crippen LogP contribution in [0.2, 0.25) is 0 Å². The van der Waals surface area contributed by atoms with E-state index < -0.39 is 0 Å². The number of carbonyl (C=O) groups is 1. The van der Waals surface area contributed by atoms with Gasteiger partial charge in [-0.05, 0) is 85.9 Å². The zero-order valence-electron chi connectivity index (χ0n) is 19.3. The summed E-state index contributed by atoms with van der Waals surface area (Å²) in [6.07, 6.45) is 14.8. The van der Waals surface area contributed by atoms with E-state index in [9.17, 15) is 9.90 Å². The van der Waals surface area contributed by atoms with Gasteiger partial charge in [-0.2, -0.15) is 0 Å². The normalized spacial score (nSPS) is 42.4. The number of aliphatic hydroxyl groups excluding tert-OH is 1. The van der Waals surface area contributed by atoms with Crippen LogP contribution in [0.1, 0.15) is 92.4 Å². The third-order valence-corrected chi connectivity index (χ3v) is 9.79. The molecule has 7 atom stereocenters. The van der Waals surface area contributed by atoms with Crippen LogP contribution >= 0.6 is 0 Å². The van der Waals surface area contributed by atoms with Crippen molar-refractivity contribution < 1.29 is 9.90 Å². The molecule has 0 heterocycles. The van der Waals surface area contributed by atoms with Crippen molar-refractivity contribution in [2.24, 2.45) is 40.4 Å². The van der Waals surface area contributed by atoms with Crippen molar-refractivity contribution in [3.05, 3.63) is 23.3 Å². The molecule has 0 aromatic carbocycles. The zero-order chi connectivity index (χ0) is 21.0. The molecule has 4 aliphatic rings. The minimum Gasteiger partial charge on any atom is -0.393 e. The van der Waals surface area contributed by atoms with Crippen molar-refractivity contribution in [1.29, 1.82) is 0 Å². The van der Waals surface area contributed by atoms with Gasteiger partial charge in [0.2, 0.25) is 0 Å². The first-order valence-electron chi connectivity index (χ1n) is 12.3. The first-order chi connectivity index (χ1) is 13.7. The smallest absolute Gasteiger partial charge is 0.135 e. The van der Waals surface area contributed by atoms with Gasteiger partial charge in [0.25, 0.3) is 0 Å². The summed E-state index contributed by atoms with van der Waals surface area (Å²) in [7, 11) is 0. The summed E-state index contributed by atoms with van der Waals surface area (Å²) >= 11 is 0. The predicted octanol–water partition coefficient (Wildman–Crippen LogP) is 6.49. The van der Waals surface area contributed by atoms with Crippen LogP contribution in [0.5, 0.6) is 0 Å². The third-order valence-electron chi connectivity index (χ3n) is 9.79. The zero-order valence-corrected chi connectivity index (χ0v) is 19.3. The molecule has 3 saturated carbocycles. The fourth-order valence-corrected chi connectivity index (χ4v) is 7.82. The van der Waals surface area contributed by atoms with Crippen molar-refractivity contribution in [2.75, 3.05) is 0 Å². The molecule has 0 aromatic rings. The van der Waals surface area contributed by atoms with Gasteiger partial charge < -0.3 is 5.11 Å². The topological polar surface area (TPSA) is 37.3 Å². The number of Topliss-reactive ketones (excluding diaryl/α,β-unsaturated/α-hetero) is 1. The quantitative estimate of drug-likeness (QED) is 0.575. The summed E-state index contributed by atoms with van der Waals surface area (Å²) in [5.41, 5.74) is 3.91. The van der Waals surface area contributed by atoms with Crippen LogP contribution in [0.25, 0.3) is 0 Å². The van der Waals surface area contributed by atoms with Gasteiger partial charge in [0.1, 0.15) is 5.78 Å². The van der Waals surface area contributed by atoms with Crippen LogP contribution in [0.4, 0.5) is 0 Å². The number of hydrogen-bond acceptors (Lipinski definition) is 2. The Labute approximate surface area is 178 Å². The third kappa shape index (κ3) is 3.48. The van der Waals surface area contributed by atoms with Gasteiger partial charge in [0.05, 0.1) is 6.10 Å². The number of ketones is 1. The van der Waals surface area contributed by atoms with Gasteiger partial charge in [-0.3, -0.25) is 4.79 Å². The summed E-state index contributed by atoms with van der Waals surface area (Å²) in [6.45, 7) is 11.5. The minimum absolute atomic E-state index is 0.136. The van der Waals surface area contributed by atoms with Crippen molar-refractivity contribution in [3.63, 3.8) is 0 Å². The Bertz CT molecular complexity index is 716. The van der Waals surface area contributed by atoms with E-state index in [-0.39, 0.29) is 17.4 Å². The van der Waals surface area contributed by atoms with E-state index in [1.165, 1.54) is 31.3 Å². The summed E-state index contributed by atoms with van der Waals surface area (Å²) in [5, 5.41) is 10.2. The van der Waals surface area contributed by atoms with Gasteiger partial charge in [0.15, 0.2) is 0 Å². The molecule has 0 aliphatic heterocycles. The Morgan fingerprint density at radius 1 is 1.07 bits per heavy atom. The van der Waals surface area contributed by atoms with Crippen LogP contribution in [-0.2, 0) is 4.79 Å². The molecule has 29 heavy (non-hydrogen) atoms. The number of rotatable bonds is 5. The van der Waals surface area contributed by atoms with Gasteiger partial charge in [0, 0.05) is 12.3 Å². The van der Waals surface area contributed by atoms with Gasteiger partial charge in [-0.25, -0.2) is 0 Å². The van der Waals surface area contributed by atoms with Gasteiger partial charge in [-0.1, -0.05) is 57.9 Å². The second-order valence-corrected chi connectivity index (χ2v) is 11.6. The number of aliphatic hydroxyl groups is 1. The molecule has 162 valence electrons. The molecule has 0 aromatic heterocycles. The molecule has 2 nitrogen and oxygen atoms in total. The lowest BCUT2D eigenvalue weighted by Crippen LogP contribution is -2.46. The first-order valence-corrected chi connectivity index (χ1v) is 12.3. The lowest BCUT2D eigenvalue weighted by Gasteiger charge is -2.55. The molecule has 0 bridgehead atoms. The van der Waals surface area contributed by atoms with Crippen LogP contribution < -0.4 is 0 Å². The highest BCUT2D eigenvalue weighted by Gasteiger charge is 2.56. The van der Waals surface area contributed by atoms with Crippen LogP contribution in [0.15, 0.2) is 23.3 Å². The van der Waals surface area contributed by atoms with E-state index in [4.69, 9.17) is 0 Å². The fraction of sp³-hybridized carbons (Fsp3) is 0.815. The summed E-state index contributed by atoms with van der Waals surface area (Å²) < 4.78 is 0. The molecule has 4 aliphatic carbocycles. The van der Waals surface area contributed by atoms with Crippen LogP contribution in [0.3, 0.4) is 0 Å². The van der Waals surface area contributed by atoms with E-state index in [0.29, 0.717) is 23.0 Å². The molecule has 0 amide bonds. The Kier molecular flexibility index (Phi) is 5.64. The Morgan fingerprint density at radius 2 is 1.83 bits per heavy atom. The van der Waals surface area contributed by atoms with Crippen molar-refractivity contribution in [1.82, 2.24) is 0 Å². The second kappa shape index (κ2) is 7.66. The summed E-state index contributed by atoms with van der Waals surface area (Å²) in [6, 6.07) is 0. The van der Waals surface area contributed by atoms with E-state index in [0.717, 1.165) is 43.9 Å². The molecule has 2 heteroatoms. The largest absolute Gasteiger partial charge is 0.393 e. The monoisotopic (exact) mass is 398 g/mol. The summed E-state index contributed by atoms with van der Waals surface area (Å²) in [4.78, 5) is 12.2.